The lowest BCUT2D eigenvalue weighted by molar-refractivity contribution is 0.0701. The highest BCUT2D eigenvalue weighted by molar-refractivity contribution is 7.92. The number of anilines is 2. The Hall–Kier alpha value is -2.35. The number of carboxylic acid groups (broad SMARTS) is 1. The summed E-state index contributed by atoms with van der Waals surface area (Å²) in [6, 6.07) is 15.1. The van der Waals surface area contributed by atoms with Gasteiger partial charge in [0.1, 0.15) is 4.88 Å². The lowest BCUT2D eigenvalue weighted by atomic mass is 9.78. The molecule has 1 saturated carbocycles. The van der Waals surface area contributed by atoms with E-state index in [1.807, 2.05) is 37.3 Å². The highest BCUT2D eigenvalue weighted by atomic mass is 35.5. The molecule has 2 atom stereocenters. The molecule has 2 aromatic carbocycles. The van der Waals surface area contributed by atoms with Crippen molar-refractivity contribution in [3.8, 4) is 10.4 Å². The van der Waals surface area contributed by atoms with Crippen LogP contribution < -0.4 is 4.90 Å². The minimum absolute atomic E-state index is 0.00673. The first-order valence-corrected chi connectivity index (χ1v) is 15.2. The summed E-state index contributed by atoms with van der Waals surface area (Å²) < 4.78 is 28.3. The standard InChI is InChI=1S/C28H30ClNO4S2/c1-17-13-25(35-27(17)28(31)32)21-14-26-24(15-23(21)29)30(20-11-7-4-8-12-20)16-22(18(2)36(26,33)34)19-9-5-3-6-10-19/h4,7-8,11-15,18-19,22H,3,5-6,9-10,16H2,1-2H3,(H,31,32). The second-order valence-electron chi connectivity index (χ2n) is 9.99. The largest absolute Gasteiger partial charge is 0.477 e. The average Bonchev–Trinajstić information content (AvgIpc) is 3.23. The van der Waals surface area contributed by atoms with Crippen LogP contribution in [0.15, 0.2) is 53.4 Å². The van der Waals surface area contributed by atoms with E-state index < -0.39 is 21.1 Å². The number of aryl methyl sites for hydroxylation is 1. The third-order valence-corrected chi connectivity index (χ3v) is 11.7. The zero-order valence-corrected chi connectivity index (χ0v) is 22.8. The molecule has 36 heavy (non-hydrogen) atoms. The minimum atomic E-state index is -3.68. The average molecular weight is 544 g/mol. The van der Waals surface area contributed by atoms with Crippen molar-refractivity contribution < 1.29 is 18.3 Å². The maximum Gasteiger partial charge on any atom is 0.346 e. The van der Waals surface area contributed by atoms with Gasteiger partial charge in [0, 0.05) is 22.7 Å². The molecular formula is C28H30ClNO4S2. The molecule has 0 saturated heterocycles. The van der Waals surface area contributed by atoms with Gasteiger partial charge in [-0.05, 0) is 61.6 Å². The molecule has 0 amide bonds. The summed E-state index contributed by atoms with van der Waals surface area (Å²) in [5, 5.41) is 9.40. The number of hydrogen-bond acceptors (Lipinski definition) is 5. The summed E-state index contributed by atoms with van der Waals surface area (Å²) in [5.74, 6) is -0.647. The van der Waals surface area contributed by atoms with E-state index in [9.17, 15) is 18.3 Å². The topological polar surface area (TPSA) is 74.7 Å². The summed E-state index contributed by atoms with van der Waals surface area (Å²) >= 11 is 7.92. The van der Waals surface area contributed by atoms with Crippen LogP contribution in [-0.2, 0) is 9.84 Å². The molecule has 0 spiro atoms. The van der Waals surface area contributed by atoms with Gasteiger partial charge in [-0.15, -0.1) is 11.3 Å². The molecule has 0 radical (unpaired) electrons. The van der Waals surface area contributed by atoms with Crippen molar-refractivity contribution >= 4 is 50.1 Å². The first-order valence-electron chi connectivity index (χ1n) is 12.4. The second kappa shape index (κ2) is 9.84. The van der Waals surface area contributed by atoms with Gasteiger partial charge < -0.3 is 10.0 Å². The molecule has 5 rings (SSSR count). The molecule has 0 bridgehead atoms. The molecule has 1 aromatic heterocycles. The fourth-order valence-corrected chi connectivity index (χ4v) is 9.10. The minimum Gasteiger partial charge on any atom is -0.477 e. The summed E-state index contributed by atoms with van der Waals surface area (Å²) in [6.45, 7) is 4.21. The van der Waals surface area contributed by atoms with Gasteiger partial charge in [0.05, 0.1) is 20.9 Å². The lowest BCUT2D eigenvalue weighted by Crippen LogP contribution is -2.38. The molecule has 3 aromatic rings. The quantitative estimate of drug-likeness (QED) is 0.367. The van der Waals surface area contributed by atoms with Gasteiger partial charge in [0.25, 0.3) is 0 Å². The number of sulfone groups is 1. The van der Waals surface area contributed by atoms with E-state index in [1.54, 1.807) is 25.1 Å². The number of carbonyl (C=O) groups is 1. The Morgan fingerprint density at radius 1 is 1.08 bits per heavy atom. The van der Waals surface area contributed by atoms with Crippen LogP contribution in [0.2, 0.25) is 5.02 Å². The molecule has 1 aliphatic carbocycles. The normalized spacial score (nSPS) is 22.1. The Balaban J connectivity index is 1.70. The molecule has 2 unspecified atom stereocenters. The third-order valence-electron chi connectivity index (χ3n) is 7.83. The van der Waals surface area contributed by atoms with Crippen molar-refractivity contribution in [2.45, 2.75) is 56.1 Å². The van der Waals surface area contributed by atoms with Gasteiger partial charge in [0.2, 0.25) is 0 Å². The Bertz CT molecular complexity index is 1390. The molecule has 8 heteroatoms. The number of aromatic carboxylic acids is 1. The number of thiophene rings is 1. The van der Waals surface area contributed by atoms with Crippen LogP contribution in [0.4, 0.5) is 11.4 Å². The van der Waals surface area contributed by atoms with Crippen LogP contribution >= 0.6 is 22.9 Å². The van der Waals surface area contributed by atoms with Crippen LogP contribution in [0.25, 0.3) is 10.4 Å². The number of benzene rings is 2. The van der Waals surface area contributed by atoms with Crippen LogP contribution in [-0.4, -0.2) is 31.3 Å². The van der Waals surface area contributed by atoms with Gasteiger partial charge in [-0.3, -0.25) is 0 Å². The SMILES string of the molecule is Cc1cc(-c2cc3c(cc2Cl)N(c2ccccc2)CC(C2CCCCC2)C(C)S3(=O)=O)sc1C(=O)O. The number of para-hydroxylation sites is 1. The van der Waals surface area contributed by atoms with E-state index in [0.717, 1.165) is 42.7 Å². The summed E-state index contributed by atoms with van der Waals surface area (Å²) in [5.41, 5.74) is 2.71. The Labute approximate surface area is 221 Å². The molecule has 2 aliphatic rings. The fourth-order valence-electron chi connectivity index (χ4n) is 5.83. The Morgan fingerprint density at radius 2 is 1.78 bits per heavy atom. The maximum atomic E-state index is 14.2. The molecule has 5 nitrogen and oxygen atoms in total. The second-order valence-corrected chi connectivity index (χ2v) is 13.7. The van der Waals surface area contributed by atoms with E-state index in [-0.39, 0.29) is 15.7 Å². The van der Waals surface area contributed by atoms with Crippen molar-refractivity contribution in [1.29, 1.82) is 0 Å². The number of halogens is 1. The van der Waals surface area contributed by atoms with Crippen molar-refractivity contribution in [3.05, 3.63) is 64.0 Å². The monoisotopic (exact) mass is 543 g/mol. The zero-order chi connectivity index (χ0) is 25.6. The molecular weight excluding hydrogens is 514 g/mol. The van der Waals surface area contributed by atoms with E-state index in [1.165, 1.54) is 6.42 Å². The number of fused-ring (bicyclic) bond motifs is 1. The summed E-state index contributed by atoms with van der Waals surface area (Å²) in [7, 11) is -3.68. The van der Waals surface area contributed by atoms with Gasteiger partial charge in [0.15, 0.2) is 9.84 Å². The Morgan fingerprint density at radius 3 is 2.42 bits per heavy atom. The number of hydrogen-bond donors (Lipinski definition) is 1. The number of rotatable bonds is 4. The molecule has 1 aliphatic heterocycles. The van der Waals surface area contributed by atoms with Crippen molar-refractivity contribution in [3.63, 3.8) is 0 Å². The predicted molar refractivity (Wildman–Crippen MR) is 147 cm³/mol. The molecule has 1 fully saturated rings. The third kappa shape index (κ3) is 4.46. The van der Waals surface area contributed by atoms with Crippen LogP contribution in [0.1, 0.15) is 54.3 Å². The van der Waals surface area contributed by atoms with Crippen molar-refractivity contribution in [2.75, 3.05) is 11.4 Å². The molecule has 2 heterocycles. The predicted octanol–water partition coefficient (Wildman–Crippen LogP) is 7.59. The van der Waals surface area contributed by atoms with Gasteiger partial charge in [-0.1, -0.05) is 61.9 Å². The van der Waals surface area contributed by atoms with Crippen LogP contribution in [0, 0.1) is 18.8 Å². The van der Waals surface area contributed by atoms with Crippen LogP contribution in [0.5, 0.6) is 0 Å². The first kappa shape index (κ1) is 25.3. The number of nitrogens with zero attached hydrogens (tertiary/aromatic N) is 1. The summed E-state index contributed by atoms with van der Waals surface area (Å²) in [6.07, 6.45) is 5.62. The fraction of sp³-hybridized carbons (Fsp3) is 0.393. The first-order chi connectivity index (χ1) is 17.2. The Kier molecular flexibility index (Phi) is 6.92. The van der Waals surface area contributed by atoms with Crippen molar-refractivity contribution in [2.24, 2.45) is 11.8 Å². The van der Waals surface area contributed by atoms with E-state index >= 15 is 0 Å². The smallest absolute Gasteiger partial charge is 0.346 e. The van der Waals surface area contributed by atoms with Gasteiger partial charge in [-0.25, -0.2) is 13.2 Å². The van der Waals surface area contributed by atoms with Crippen LogP contribution in [0.3, 0.4) is 0 Å². The number of carboxylic acids is 1. The molecule has 190 valence electrons. The maximum absolute atomic E-state index is 14.2. The highest BCUT2D eigenvalue weighted by Crippen LogP contribution is 2.47. The van der Waals surface area contributed by atoms with Gasteiger partial charge in [-0.2, -0.15) is 0 Å². The van der Waals surface area contributed by atoms with E-state index in [0.29, 0.717) is 39.2 Å². The lowest BCUT2D eigenvalue weighted by Gasteiger charge is -2.35. The zero-order valence-electron chi connectivity index (χ0n) is 20.4. The highest BCUT2D eigenvalue weighted by Gasteiger charge is 2.42. The molecule has 1 N–H and O–H groups in total. The van der Waals surface area contributed by atoms with E-state index in [4.69, 9.17) is 11.6 Å². The van der Waals surface area contributed by atoms with Crippen molar-refractivity contribution in [1.82, 2.24) is 0 Å². The van der Waals surface area contributed by atoms with E-state index in [2.05, 4.69) is 4.90 Å². The van der Waals surface area contributed by atoms with Gasteiger partial charge >= 0.3 is 5.97 Å². The summed E-state index contributed by atoms with van der Waals surface area (Å²) in [4.78, 5) is 14.9.